The second-order valence-corrected chi connectivity index (χ2v) is 5.33. The molecular formula is C13H19NOS. The van der Waals surface area contributed by atoms with Crippen LogP contribution in [0, 0.1) is 0 Å². The summed E-state index contributed by atoms with van der Waals surface area (Å²) in [6.07, 6.45) is 12.1. The first kappa shape index (κ1) is 11.8. The van der Waals surface area contributed by atoms with Gasteiger partial charge in [0.1, 0.15) is 5.76 Å². The molecule has 0 bridgehead atoms. The van der Waals surface area contributed by atoms with Crippen molar-refractivity contribution in [1.29, 1.82) is 0 Å². The van der Waals surface area contributed by atoms with Crippen molar-refractivity contribution in [3.05, 3.63) is 30.2 Å². The maximum Gasteiger partial charge on any atom is 0.126 e. The Hall–Kier alpha value is -0.670. The van der Waals surface area contributed by atoms with Crippen LogP contribution in [-0.2, 0) is 0 Å². The number of hydrogen-bond donors (Lipinski definition) is 1. The topological polar surface area (TPSA) is 25.2 Å². The van der Waals surface area contributed by atoms with Crippen LogP contribution in [0.3, 0.4) is 0 Å². The SMILES string of the molecule is CSC1CCC(NC/C=C/c2ccco2)C1. The molecule has 0 spiro atoms. The third-order valence-electron chi connectivity index (χ3n) is 3.07. The standard InChI is InChI=1S/C13H19NOS/c1-16-13-7-6-11(10-13)14-8-2-4-12-5-3-9-15-12/h2-5,9,11,13-14H,6-8,10H2,1H3/b4-2+. The van der Waals surface area contributed by atoms with Gasteiger partial charge in [0, 0.05) is 17.8 Å². The van der Waals surface area contributed by atoms with Gasteiger partial charge in [0.15, 0.2) is 0 Å². The molecule has 0 aliphatic heterocycles. The molecule has 2 atom stereocenters. The predicted molar refractivity (Wildman–Crippen MR) is 70.7 cm³/mol. The molecule has 0 saturated heterocycles. The molecule has 3 heteroatoms. The molecule has 88 valence electrons. The Morgan fingerprint density at radius 2 is 2.50 bits per heavy atom. The van der Waals surface area contributed by atoms with Crippen LogP contribution < -0.4 is 5.32 Å². The normalized spacial score (nSPS) is 25.6. The Morgan fingerprint density at radius 1 is 1.56 bits per heavy atom. The zero-order valence-corrected chi connectivity index (χ0v) is 10.5. The first-order valence-electron chi connectivity index (χ1n) is 5.84. The van der Waals surface area contributed by atoms with E-state index in [1.54, 1.807) is 6.26 Å². The van der Waals surface area contributed by atoms with E-state index in [1.165, 1.54) is 19.3 Å². The molecule has 2 nitrogen and oxygen atoms in total. The van der Waals surface area contributed by atoms with Crippen molar-refractivity contribution in [2.45, 2.75) is 30.6 Å². The van der Waals surface area contributed by atoms with E-state index in [4.69, 9.17) is 4.42 Å². The van der Waals surface area contributed by atoms with E-state index in [-0.39, 0.29) is 0 Å². The fourth-order valence-electron chi connectivity index (χ4n) is 2.14. The molecule has 1 saturated carbocycles. The lowest BCUT2D eigenvalue weighted by atomic mass is 10.2. The van der Waals surface area contributed by atoms with Gasteiger partial charge in [-0.05, 0) is 43.7 Å². The highest BCUT2D eigenvalue weighted by atomic mass is 32.2. The first-order chi connectivity index (χ1) is 7.88. The molecular weight excluding hydrogens is 218 g/mol. The van der Waals surface area contributed by atoms with E-state index in [0.717, 1.165) is 17.6 Å². The van der Waals surface area contributed by atoms with Gasteiger partial charge in [-0.15, -0.1) is 0 Å². The van der Waals surface area contributed by atoms with Crippen LogP contribution in [0.25, 0.3) is 6.08 Å². The predicted octanol–water partition coefficient (Wildman–Crippen LogP) is 3.17. The van der Waals surface area contributed by atoms with Crippen LogP contribution in [-0.4, -0.2) is 24.1 Å². The third-order valence-corrected chi connectivity index (χ3v) is 4.16. The number of hydrogen-bond acceptors (Lipinski definition) is 3. The third kappa shape index (κ3) is 3.42. The number of thioether (sulfide) groups is 1. The average molecular weight is 237 g/mol. The summed E-state index contributed by atoms with van der Waals surface area (Å²) in [4.78, 5) is 0. The largest absolute Gasteiger partial charge is 0.465 e. The van der Waals surface area contributed by atoms with Crippen molar-refractivity contribution in [2.75, 3.05) is 12.8 Å². The molecule has 1 aliphatic rings. The Balaban J connectivity index is 1.65. The maximum atomic E-state index is 5.22. The van der Waals surface area contributed by atoms with Gasteiger partial charge in [-0.25, -0.2) is 0 Å². The van der Waals surface area contributed by atoms with Gasteiger partial charge in [0.25, 0.3) is 0 Å². The zero-order valence-electron chi connectivity index (χ0n) is 9.69. The van der Waals surface area contributed by atoms with E-state index in [2.05, 4.69) is 17.6 Å². The Labute approximate surface area is 101 Å². The van der Waals surface area contributed by atoms with Crippen molar-refractivity contribution in [1.82, 2.24) is 5.32 Å². The number of furan rings is 1. The molecule has 1 fully saturated rings. The number of nitrogens with one attached hydrogen (secondary N) is 1. The minimum atomic E-state index is 0.707. The van der Waals surface area contributed by atoms with Crippen LogP contribution >= 0.6 is 11.8 Å². The van der Waals surface area contributed by atoms with Crippen molar-refractivity contribution in [3.63, 3.8) is 0 Å². The van der Waals surface area contributed by atoms with Gasteiger partial charge in [-0.1, -0.05) is 6.08 Å². The number of rotatable bonds is 5. The van der Waals surface area contributed by atoms with E-state index >= 15 is 0 Å². The quantitative estimate of drug-likeness (QED) is 0.851. The van der Waals surface area contributed by atoms with E-state index < -0.39 is 0 Å². The first-order valence-corrected chi connectivity index (χ1v) is 7.13. The van der Waals surface area contributed by atoms with Crippen LogP contribution in [0.1, 0.15) is 25.0 Å². The second-order valence-electron chi connectivity index (χ2n) is 4.19. The fraction of sp³-hybridized carbons (Fsp3) is 0.538. The molecule has 1 heterocycles. The highest BCUT2D eigenvalue weighted by Gasteiger charge is 2.22. The molecule has 2 rings (SSSR count). The van der Waals surface area contributed by atoms with E-state index in [0.29, 0.717) is 6.04 Å². The Morgan fingerprint density at radius 3 is 3.19 bits per heavy atom. The van der Waals surface area contributed by atoms with Gasteiger partial charge in [0.2, 0.25) is 0 Å². The molecule has 2 unspecified atom stereocenters. The highest BCUT2D eigenvalue weighted by Crippen LogP contribution is 2.27. The summed E-state index contributed by atoms with van der Waals surface area (Å²) in [5, 5.41) is 4.43. The highest BCUT2D eigenvalue weighted by molar-refractivity contribution is 7.99. The lowest BCUT2D eigenvalue weighted by molar-refractivity contribution is 0.551. The lowest BCUT2D eigenvalue weighted by Crippen LogP contribution is -2.26. The van der Waals surface area contributed by atoms with Crippen LogP contribution in [0.2, 0.25) is 0 Å². The van der Waals surface area contributed by atoms with E-state index in [9.17, 15) is 0 Å². The molecule has 0 aromatic carbocycles. The summed E-state index contributed by atoms with van der Waals surface area (Å²) in [6, 6.07) is 4.59. The summed E-state index contributed by atoms with van der Waals surface area (Å²) in [7, 11) is 0. The van der Waals surface area contributed by atoms with Gasteiger partial charge in [-0.3, -0.25) is 0 Å². The lowest BCUT2D eigenvalue weighted by Gasteiger charge is -2.10. The van der Waals surface area contributed by atoms with Crippen molar-refractivity contribution >= 4 is 17.8 Å². The molecule has 1 aromatic heterocycles. The average Bonchev–Trinajstić information content (AvgIpc) is 2.95. The Bertz CT molecular complexity index is 321. The molecule has 0 radical (unpaired) electrons. The summed E-state index contributed by atoms with van der Waals surface area (Å²) in [6.45, 7) is 0.937. The van der Waals surface area contributed by atoms with E-state index in [1.807, 2.05) is 30.0 Å². The smallest absolute Gasteiger partial charge is 0.126 e. The minimum absolute atomic E-state index is 0.707. The molecule has 0 amide bonds. The minimum Gasteiger partial charge on any atom is -0.465 e. The van der Waals surface area contributed by atoms with Gasteiger partial charge in [0.05, 0.1) is 6.26 Å². The summed E-state index contributed by atoms with van der Waals surface area (Å²) in [5.74, 6) is 0.926. The van der Waals surface area contributed by atoms with Crippen molar-refractivity contribution in [2.24, 2.45) is 0 Å². The summed E-state index contributed by atoms with van der Waals surface area (Å²) < 4.78 is 5.22. The van der Waals surface area contributed by atoms with Gasteiger partial charge in [-0.2, -0.15) is 11.8 Å². The van der Waals surface area contributed by atoms with Crippen LogP contribution in [0.4, 0.5) is 0 Å². The van der Waals surface area contributed by atoms with Gasteiger partial charge >= 0.3 is 0 Å². The summed E-state index contributed by atoms with van der Waals surface area (Å²) in [5.41, 5.74) is 0. The van der Waals surface area contributed by atoms with Crippen molar-refractivity contribution in [3.8, 4) is 0 Å². The molecule has 1 aliphatic carbocycles. The fourth-order valence-corrected chi connectivity index (χ4v) is 2.93. The zero-order chi connectivity index (χ0) is 11.2. The van der Waals surface area contributed by atoms with Gasteiger partial charge < -0.3 is 9.73 Å². The second kappa shape index (κ2) is 6.16. The monoisotopic (exact) mass is 237 g/mol. The molecule has 1 N–H and O–H groups in total. The Kier molecular flexibility index (Phi) is 4.55. The maximum absolute atomic E-state index is 5.22. The summed E-state index contributed by atoms with van der Waals surface area (Å²) >= 11 is 2.00. The molecule has 1 aromatic rings. The van der Waals surface area contributed by atoms with Crippen LogP contribution in [0.15, 0.2) is 28.9 Å². The van der Waals surface area contributed by atoms with Crippen LogP contribution in [0.5, 0.6) is 0 Å². The molecule has 16 heavy (non-hydrogen) atoms. The van der Waals surface area contributed by atoms with Crippen molar-refractivity contribution < 1.29 is 4.42 Å².